The summed E-state index contributed by atoms with van der Waals surface area (Å²) in [5.41, 5.74) is 2.50. The van der Waals surface area contributed by atoms with Crippen LogP contribution in [0.4, 0.5) is 10.2 Å². The van der Waals surface area contributed by atoms with Crippen molar-refractivity contribution in [1.82, 2.24) is 20.2 Å². The van der Waals surface area contributed by atoms with E-state index >= 15 is 0 Å². The predicted molar refractivity (Wildman–Crippen MR) is 132 cm³/mol. The predicted octanol–water partition coefficient (Wildman–Crippen LogP) is 4.61. The highest BCUT2D eigenvalue weighted by Gasteiger charge is 2.41. The van der Waals surface area contributed by atoms with Gasteiger partial charge in [-0.1, -0.05) is 30.7 Å². The quantitative estimate of drug-likeness (QED) is 0.685. The number of aromatic nitrogens is 2. The van der Waals surface area contributed by atoms with Crippen LogP contribution in [0.15, 0.2) is 30.6 Å². The minimum atomic E-state index is -1.02. The Hall–Kier alpha value is -2.25. The van der Waals surface area contributed by atoms with Crippen LogP contribution in [0.1, 0.15) is 74.9 Å². The second-order valence-corrected chi connectivity index (χ2v) is 11.1. The highest BCUT2D eigenvalue weighted by Crippen LogP contribution is 2.44. The third-order valence-electron chi connectivity index (χ3n) is 7.69. The molecule has 2 aliphatic heterocycles. The van der Waals surface area contributed by atoms with Gasteiger partial charge in [0.05, 0.1) is 11.6 Å². The van der Waals surface area contributed by atoms with E-state index in [4.69, 9.17) is 11.6 Å². The fraction of sp³-hybridized carbons (Fsp3) is 0.577. The molecule has 5 rings (SSSR count). The summed E-state index contributed by atoms with van der Waals surface area (Å²) in [7, 11) is 0. The van der Waals surface area contributed by atoms with Gasteiger partial charge in [0.15, 0.2) is 0 Å². The van der Waals surface area contributed by atoms with Gasteiger partial charge >= 0.3 is 0 Å². The molecule has 34 heavy (non-hydrogen) atoms. The molecule has 8 heteroatoms. The van der Waals surface area contributed by atoms with Gasteiger partial charge in [0.2, 0.25) is 5.91 Å². The number of piperazine rings is 1. The highest BCUT2D eigenvalue weighted by atomic mass is 35.5. The van der Waals surface area contributed by atoms with Crippen LogP contribution in [0.3, 0.4) is 0 Å². The van der Waals surface area contributed by atoms with Crippen LogP contribution in [0, 0.1) is 0 Å². The zero-order chi connectivity index (χ0) is 24.0. The molecule has 1 N–H and O–H groups in total. The number of benzene rings is 1. The molecule has 1 aliphatic carbocycles. The summed E-state index contributed by atoms with van der Waals surface area (Å²) in [6.45, 7) is 9.01. The van der Waals surface area contributed by atoms with Crippen molar-refractivity contribution in [3.8, 4) is 0 Å². The van der Waals surface area contributed by atoms with E-state index in [0.29, 0.717) is 43.3 Å². The smallest absolute Gasteiger partial charge is 0.231 e. The molecular weight excluding hydrogens is 453 g/mol. The van der Waals surface area contributed by atoms with Crippen molar-refractivity contribution in [3.63, 3.8) is 0 Å². The first kappa shape index (κ1) is 23.5. The largest absolute Gasteiger partial charge is 0.353 e. The van der Waals surface area contributed by atoms with E-state index in [-0.39, 0.29) is 29.3 Å². The van der Waals surface area contributed by atoms with Gasteiger partial charge in [0.1, 0.15) is 18.3 Å². The van der Waals surface area contributed by atoms with E-state index in [0.717, 1.165) is 29.8 Å². The Morgan fingerprint density at radius 3 is 2.53 bits per heavy atom. The van der Waals surface area contributed by atoms with Crippen molar-refractivity contribution in [1.29, 1.82) is 0 Å². The molecule has 3 aliphatic rings. The number of nitrogens with zero attached hydrogens (tertiary/aromatic N) is 4. The molecule has 0 bridgehead atoms. The van der Waals surface area contributed by atoms with Gasteiger partial charge < -0.3 is 15.1 Å². The molecule has 0 spiro atoms. The lowest BCUT2D eigenvalue weighted by Crippen LogP contribution is -2.53. The van der Waals surface area contributed by atoms with Gasteiger partial charge in [-0.05, 0) is 56.7 Å². The summed E-state index contributed by atoms with van der Waals surface area (Å²) in [5.74, 6) is 0.841. The minimum Gasteiger partial charge on any atom is -0.353 e. The Bertz CT molecular complexity index is 1050. The number of carbonyl (C=O) groups excluding carboxylic acids is 1. The standard InChI is InChI=1S/C26H33ClFN5O/c1-16-14-19(28)23-21(16)24(30-15-29-23)32-10-12-33(13-11-32)25(34)22(17-4-6-18(27)7-5-17)20-8-9-26(2,3)31-20/h4-7,15-16,19-20,22,31H,8-14H2,1-3H3/t16-,19+,20+,22+/m1/s1. The molecule has 4 atom stereocenters. The summed E-state index contributed by atoms with van der Waals surface area (Å²) >= 11 is 6.13. The Kier molecular flexibility index (Phi) is 6.27. The highest BCUT2D eigenvalue weighted by molar-refractivity contribution is 6.30. The van der Waals surface area contributed by atoms with Crippen LogP contribution in [-0.2, 0) is 4.79 Å². The average molecular weight is 486 g/mol. The van der Waals surface area contributed by atoms with Gasteiger partial charge in [0, 0.05) is 48.3 Å². The summed E-state index contributed by atoms with van der Waals surface area (Å²) in [4.78, 5) is 26.8. The Morgan fingerprint density at radius 1 is 1.18 bits per heavy atom. The number of carbonyl (C=O) groups is 1. The topological polar surface area (TPSA) is 61.4 Å². The SMILES string of the molecule is C[C@@H]1C[C@H](F)c2ncnc(N3CCN(C(=O)[C@@H](c4ccc(Cl)cc4)[C@@H]4CCC(C)(C)N4)CC3)c21. The van der Waals surface area contributed by atoms with Crippen molar-refractivity contribution in [2.45, 2.75) is 69.6 Å². The second kappa shape index (κ2) is 9.08. The Balaban J connectivity index is 1.33. The van der Waals surface area contributed by atoms with Crippen LogP contribution in [0.2, 0.25) is 5.02 Å². The Morgan fingerprint density at radius 2 is 1.88 bits per heavy atom. The molecule has 2 saturated heterocycles. The number of halogens is 2. The third kappa shape index (κ3) is 4.40. The number of rotatable bonds is 4. The van der Waals surface area contributed by atoms with Gasteiger partial charge in [-0.3, -0.25) is 4.79 Å². The molecule has 3 heterocycles. The van der Waals surface area contributed by atoms with Crippen LogP contribution < -0.4 is 10.2 Å². The first-order valence-corrected chi connectivity index (χ1v) is 12.7. The molecule has 1 aromatic carbocycles. The van der Waals surface area contributed by atoms with Crippen molar-refractivity contribution in [3.05, 3.63) is 52.4 Å². The molecule has 6 nitrogen and oxygen atoms in total. The zero-order valence-electron chi connectivity index (χ0n) is 20.1. The van der Waals surface area contributed by atoms with E-state index in [9.17, 15) is 9.18 Å². The summed E-state index contributed by atoms with van der Waals surface area (Å²) in [5, 5.41) is 4.36. The maximum atomic E-state index is 14.4. The fourth-order valence-electron chi connectivity index (χ4n) is 5.88. The Labute approximate surface area is 205 Å². The van der Waals surface area contributed by atoms with Crippen molar-refractivity contribution in [2.75, 3.05) is 31.1 Å². The van der Waals surface area contributed by atoms with Crippen LogP contribution in [-0.4, -0.2) is 58.5 Å². The molecule has 1 amide bonds. The number of fused-ring (bicyclic) bond motifs is 1. The molecule has 2 fully saturated rings. The molecule has 1 aromatic heterocycles. The zero-order valence-corrected chi connectivity index (χ0v) is 20.9. The van der Waals surface area contributed by atoms with E-state index in [1.165, 1.54) is 6.33 Å². The number of amides is 1. The van der Waals surface area contributed by atoms with Gasteiger partial charge in [-0.15, -0.1) is 0 Å². The first-order valence-electron chi connectivity index (χ1n) is 12.3. The summed E-state index contributed by atoms with van der Waals surface area (Å²) < 4.78 is 14.4. The minimum absolute atomic E-state index is 0.0205. The lowest BCUT2D eigenvalue weighted by atomic mass is 9.88. The monoisotopic (exact) mass is 485 g/mol. The maximum absolute atomic E-state index is 14.4. The lowest BCUT2D eigenvalue weighted by molar-refractivity contribution is -0.133. The van der Waals surface area contributed by atoms with E-state index < -0.39 is 6.17 Å². The third-order valence-corrected chi connectivity index (χ3v) is 7.94. The number of nitrogens with one attached hydrogen (secondary N) is 1. The number of alkyl halides is 1. The van der Waals surface area contributed by atoms with Crippen molar-refractivity contribution in [2.24, 2.45) is 0 Å². The van der Waals surface area contributed by atoms with Crippen molar-refractivity contribution < 1.29 is 9.18 Å². The van der Waals surface area contributed by atoms with Gasteiger partial charge in [-0.25, -0.2) is 14.4 Å². The van der Waals surface area contributed by atoms with Crippen molar-refractivity contribution >= 4 is 23.3 Å². The molecule has 0 unspecified atom stereocenters. The molecular formula is C26H33ClFN5O. The van der Waals surface area contributed by atoms with E-state index in [1.807, 2.05) is 36.1 Å². The van der Waals surface area contributed by atoms with Crippen LogP contribution >= 0.6 is 11.6 Å². The average Bonchev–Trinajstić information content (AvgIpc) is 3.33. The summed E-state index contributed by atoms with van der Waals surface area (Å²) in [6.07, 6.45) is 2.92. The van der Waals surface area contributed by atoms with Crippen LogP contribution in [0.25, 0.3) is 0 Å². The van der Waals surface area contributed by atoms with Gasteiger partial charge in [0.25, 0.3) is 0 Å². The van der Waals surface area contributed by atoms with Gasteiger partial charge in [-0.2, -0.15) is 0 Å². The molecule has 0 radical (unpaired) electrons. The number of anilines is 1. The molecule has 2 aromatic rings. The van der Waals surface area contributed by atoms with E-state index in [2.05, 4.69) is 34.0 Å². The molecule has 0 saturated carbocycles. The lowest BCUT2D eigenvalue weighted by Gasteiger charge is -2.39. The fourth-order valence-corrected chi connectivity index (χ4v) is 6.00. The number of hydrogen-bond acceptors (Lipinski definition) is 5. The number of hydrogen-bond donors (Lipinski definition) is 1. The first-order chi connectivity index (χ1) is 16.2. The molecule has 182 valence electrons. The second-order valence-electron chi connectivity index (χ2n) is 10.6. The maximum Gasteiger partial charge on any atom is 0.231 e. The van der Waals surface area contributed by atoms with Crippen LogP contribution in [0.5, 0.6) is 0 Å². The summed E-state index contributed by atoms with van der Waals surface area (Å²) in [6, 6.07) is 7.78. The normalized spacial score (nSPS) is 27.0. The van der Waals surface area contributed by atoms with E-state index in [1.54, 1.807) is 0 Å².